The molecule has 152 valence electrons. The fourth-order valence-corrected chi connectivity index (χ4v) is 4.07. The number of rotatable bonds is 14. The zero-order valence-electron chi connectivity index (χ0n) is 17.8. The van der Waals surface area contributed by atoms with E-state index in [0.29, 0.717) is 0 Å². The van der Waals surface area contributed by atoms with Crippen molar-refractivity contribution in [3.63, 3.8) is 0 Å². The van der Waals surface area contributed by atoms with Crippen LogP contribution in [0.4, 0.5) is 0 Å². The topological polar surface area (TPSA) is 20.2 Å². The lowest BCUT2D eigenvalue weighted by molar-refractivity contribution is 0.0848. The van der Waals surface area contributed by atoms with Gasteiger partial charge in [0.25, 0.3) is 0 Å². The van der Waals surface area contributed by atoms with Crippen LogP contribution >= 0.6 is 0 Å². The van der Waals surface area contributed by atoms with Crippen LogP contribution in [0.3, 0.4) is 0 Å². The van der Waals surface area contributed by atoms with Crippen LogP contribution in [0.2, 0.25) is 0 Å². The zero-order chi connectivity index (χ0) is 18.8. The van der Waals surface area contributed by atoms with E-state index in [1.165, 1.54) is 103 Å². The second-order valence-corrected chi connectivity index (χ2v) is 8.59. The molecule has 0 amide bonds. The molecule has 26 heavy (non-hydrogen) atoms. The largest absolute Gasteiger partial charge is 0.378 e. The van der Waals surface area contributed by atoms with Gasteiger partial charge in [-0.2, -0.15) is 0 Å². The molecule has 1 N–H and O–H groups in total. The smallest absolute Gasteiger partial charge is 0.125 e. The predicted molar refractivity (Wildman–Crippen MR) is 115 cm³/mol. The minimum absolute atomic E-state index is 0.660. The molecule has 0 atom stereocenters. The van der Waals surface area contributed by atoms with Crippen molar-refractivity contribution >= 4 is 0 Å². The van der Waals surface area contributed by atoms with E-state index >= 15 is 0 Å². The van der Waals surface area contributed by atoms with Crippen molar-refractivity contribution in [2.24, 2.45) is 0 Å². The highest BCUT2D eigenvalue weighted by Crippen LogP contribution is 2.26. The molecular weight excluding hydrogens is 316 g/mol. The van der Waals surface area contributed by atoms with Gasteiger partial charge >= 0.3 is 0 Å². The number of unbranched alkanes of at least 4 members (excludes halogenated alkanes) is 14. The Kier molecular flexibility index (Phi) is 15.1. The van der Waals surface area contributed by atoms with Gasteiger partial charge in [0.2, 0.25) is 0 Å². The van der Waals surface area contributed by atoms with Gasteiger partial charge in [-0.15, -0.1) is 5.92 Å². The van der Waals surface area contributed by atoms with Crippen molar-refractivity contribution in [2.75, 3.05) is 0 Å². The van der Waals surface area contributed by atoms with Gasteiger partial charge in [-0.05, 0) is 32.1 Å². The van der Waals surface area contributed by atoms with Crippen molar-refractivity contribution in [1.29, 1.82) is 0 Å². The van der Waals surface area contributed by atoms with E-state index in [0.717, 1.165) is 32.1 Å². The molecule has 0 aromatic carbocycles. The molecule has 0 heterocycles. The average molecular weight is 363 g/mol. The van der Waals surface area contributed by atoms with E-state index < -0.39 is 5.60 Å². The molecule has 0 unspecified atom stereocenters. The fraction of sp³-hybridized carbons (Fsp3) is 0.920. The van der Waals surface area contributed by atoms with Gasteiger partial charge in [-0.3, -0.25) is 0 Å². The van der Waals surface area contributed by atoms with Gasteiger partial charge in [-0.1, -0.05) is 109 Å². The molecule has 0 aromatic rings. The van der Waals surface area contributed by atoms with Crippen LogP contribution in [0.15, 0.2) is 0 Å². The van der Waals surface area contributed by atoms with Gasteiger partial charge < -0.3 is 5.11 Å². The van der Waals surface area contributed by atoms with Crippen LogP contribution in [0.1, 0.15) is 142 Å². The minimum atomic E-state index is -0.660. The predicted octanol–water partition coefficient (Wildman–Crippen LogP) is 7.95. The molecular formula is C25H46O. The van der Waals surface area contributed by atoms with E-state index in [1.807, 2.05) is 0 Å². The highest BCUT2D eigenvalue weighted by Gasteiger charge is 2.24. The zero-order valence-corrected chi connectivity index (χ0v) is 17.8. The first-order valence-electron chi connectivity index (χ1n) is 12.0. The molecule has 1 fully saturated rings. The first-order chi connectivity index (χ1) is 12.8. The Morgan fingerprint density at radius 3 is 1.50 bits per heavy atom. The van der Waals surface area contributed by atoms with Crippen LogP contribution in [-0.4, -0.2) is 10.7 Å². The normalized spacial score (nSPS) is 16.7. The summed E-state index contributed by atoms with van der Waals surface area (Å²) < 4.78 is 0. The second-order valence-electron chi connectivity index (χ2n) is 8.59. The lowest BCUT2D eigenvalue weighted by Gasteiger charge is -2.19. The van der Waals surface area contributed by atoms with Gasteiger partial charge in [0.1, 0.15) is 5.60 Å². The third kappa shape index (κ3) is 13.7. The molecule has 0 radical (unpaired) electrons. The van der Waals surface area contributed by atoms with Crippen molar-refractivity contribution in [3.8, 4) is 11.8 Å². The quantitative estimate of drug-likeness (QED) is 0.189. The summed E-state index contributed by atoms with van der Waals surface area (Å²) in [6.07, 6.45) is 27.2. The lowest BCUT2D eigenvalue weighted by atomic mass is 9.95. The maximum absolute atomic E-state index is 10.5. The highest BCUT2D eigenvalue weighted by molar-refractivity contribution is 5.14. The minimum Gasteiger partial charge on any atom is -0.378 e. The Balaban J connectivity index is 1.83. The maximum atomic E-state index is 10.5. The van der Waals surface area contributed by atoms with Gasteiger partial charge in [0, 0.05) is 6.42 Å². The molecule has 1 aliphatic carbocycles. The van der Waals surface area contributed by atoms with Crippen LogP contribution in [0, 0.1) is 11.8 Å². The molecule has 0 spiro atoms. The monoisotopic (exact) mass is 362 g/mol. The third-order valence-electron chi connectivity index (χ3n) is 5.91. The Hall–Kier alpha value is -0.480. The summed E-state index contributed by atoms with van der Waals surface area (Å²) in [6.45, 7) is 2.29. The molecule has 0 aliphatic heterocycles. The van der Waals surface area contributed by atoms with E-state index in [1.54, 1.807) is 0 Å². The van der Waals surface area contributed by atoms with E-state index in [-0.39, 0.29) is 0 Å². The first kappa shape index (κ1) is 23.6. The maximum Gasteiger partial charge on any atom is 0.125 e. The molecule has 1 nitrogen and oxygen atoms in total. The Morgan fingerprint density at radius 1 is 0.615 bits per heavy atom. The van der Waals surface area contributed by atoms with Crippen molar-refractivity contribution in [2.45, 2.75) is 147 Å². The standard InChI is InChI=1S/C25H46O/c1-2-3-4-5-6-7-8-9-10-11-12-13-14-15-16-19-22-25(26)23-20-17-18-21-24-25/h26H,2-18,20-21,23-24H2,1H3. The van der Waals surface area contributed by atoms with Gasteiger partial charge in [0.15, 0.2) is 0 Å². The summed E-state index contributed by atoms with van der Waals surface area (Å²) in [5.74, 6) is 6.46. The summed E-state index contributed by atoms with van der Waals surface area (Å²) in [4.78, 5) is 0. The average Bonchev–Trinajstić information content (AvgIpc) is 2.86. The molecule has 1 saturated carbocycles. The van der Waals surface area contributed by atoms with E-state index in [4.69, 9.17) is 0 Å². The molecule has 1 aliphatic rings. The number of hydrogen-bond donors (Lipinski definition) is 1. The number of hydrogen-bond acceptors (Lipinski definition) is 1. The lowest BCUT2D eigenvalue weighted by Crippen LogP contribution is -2.25. The number of aliphatic hydroxyl groups is 1. The molecule has 1 rings (SSSR count). The van der Waals surface area contributed by atoms with Crippen LogP contribution in [-0.2, 0) is 0 Å². The Labute approximate surface area is 164 Å². The molecule has 0 saturated heterocycles. The van der Waals surface area contributed by atoms with Crippen LogP contribution < -0.4 is 0 Å². The van der Waals surface area contributed by atoms with E-state index in [9.17, 15) is 5.11 Å². The summed E-state index contributed by atoms with van der Waals surface area (Å²) in [5, 5.41) is 10.5. The van der Waals surface area contributed by atoms with Crippen molar-refractivity contribution < 1.29 is 5.11 Å². The van der Waals surface area contributed by atoms with Gasteiger partial charge in [0.05, 0.1) is 0 Å². The van der Waals surface area contributed by atoms with E-state index in [2.05, 4.69) is 18.8 Å². The Morgan fingerprint density at radius 2 is 1.04 bits per heavy atom. The summed E-state index contributed by atoms with van der Waals surface area (Å²) >= 11 is 0. The SMILES string of the molecule is CCCCCCCCCCCCCCCCC#CC1(O)CCCCCC1. The van der Waals surface area contributed by atoms with Gasteiger partial charge in [-0.25, -0.2) is 0 Å². The first-order valence-corrected chi connectivity index (χ1v) is 12.0. The second kappa shape index (κ2) is 16.7. The highest BCUT2D eigenvalue weighted by atomic mass is 16.3. The van der Waals surface area contributed by atoms with Crippen LogP contribution in [0.25, 0.3) is 0 Å². The molecule has 0 aromatic heterocycles. The van der Waals surface area contributed by atoms with Crippen molar-refractivity contribution in [1.82, 2.24) is 0 Å². The third-order valence-corrected chi connectivity index (χ3v) is 5.91. The summed E-state index contributed by atoms with van der Waals surface area (Å²) in [5.41, 5.74) is -0.660. The fourth-order valence-electron chi connectivity index (χ4n) is 4.07. The molecule has 0 bridgehead atoms. The Bertz CT molecular complexity index is 354. The van der Waals surface area contributed by atoms with Crippen molar-refractivity contribution in [3.05, 3.63) is 0 Å². The summed E-state index contributed by atoms with van der Waals surface area (Å²) in [6, 6.07) is 0. The van der Waals surface area contributed by atoms with Crippen LogP contribution in [0.5, 0.6) is 0 Å². The molecule has 1 heteroatoms. The summed E-state index contributed by atoms with van der Waals surface area (Å²) in [7, 11) is 0.